The molecule has 0 heterocycles. The van der Waals surface area contributed by atoms with Crippen LogP contribution in [0.5, 0.6) is 0 Å². The lowest BCUT2D eigenvalue weighted by Crippen LogP contribution is -3.06. The topological polar surface area (TPSA) is 4.44 Å². The molecule has 0 radical (unpaired) electrons. The summed E-state index contributed by atoms with van der Waals surface area (Å²) in [5.74, 6) is 0. The van der Waals surface area contributed by atoms with Crippen molar-refractivity contribution in [2.24, 2.45) is 0 Å². The summed E-state index contributed by atoms with van der Waals surface area (Å²) in [5.41, 5.74) is 2.56. The maximum atomic E-state index is 3.74. The Balaban J connectivity index is 0.00000169. The molecular weight excluding hydrogens is 194 g/mol. The number of quaternary nitrogens is 1. The van der Waals surface area contributed by atoms with Gasteiger partial charge in [-0.05, 0) is 43.7 Å². The molecular formula is C12H18ClN. The van der Waals surface area contributed by atoms with Gasteiger partial charge in [0, 0.05) is 0 Å². The van der Waals surface area contributed by atoms with Crippen molar-refractivity contribution < 1.29 is 17.3 Å². The van der Waals surface area contributed by atoms with Crippen LogP contribution < -0.4 is 17.3 Å². The second kappa shape index (κ2) is 6.63. The van der Waals surface area contributed by atoms with E-state index in [4.69, 9.17) is 0 Å². The van der Waals surface area contributed by atoms with E-state index in [0.29, 0.717) is 0 Å². The quantitative estimate of drug-likeness (QED) is 0.645. The number of hydrogen-bond acceptors (Lipinski definition) is 0. The van der Waals surface area contributed by atoms with E-state index in [1.54, 1.807) is 0 Å². The van der Waals surface area contributed by atoms with E-state index >= 15 is 0 Å². The van der Waals surface area contributed by atoms with E-state index in [0.717, 1.165) is 13.1 Å². The fourth-order valence-electron chi connectivity index (χ4n) is 1.51. The summed E-state index contributed by atoms with van der Waals surface area (Å²) in [5, 5.41) is 0. The number of benzene rings is 1. The minimum atomic E-state index is 0. The van der Waals surface area contributed by atoms with Crippen LogP contribution in [0.15, 0.2) is 30.8 Å². The van der Waals surface area contributed by atoms with Crippen LogP contribution in [-0.2, 0) is 0 Å². The second-order valence-electron chi connectivity index (χ2n) is 3.14. The van der Waals surface area contributed by atoms with Crippen LogP contribution in [-0.4, -0.2) is 13.1 Å². The fourth-order valence-corrected chi connectivity index (χ4v) is 1.51. The minimum absolute atomic E-state index is 0. The predicted molar refractivity (Wildman–Crippen MR) is 58.2 cm³/mol. The van der Waals surface area contributed by atoms with Crippen molar-refractivity contribution in [3.05, 3.63) is 36.4 Å². The smallest absolute Gasteiger partial charge is 0.131 e. The van der Waals surface area contributed by atoms with Crippen LogP contribution >= 0.6 is 0 Å². The van der Waals surface area contributed by atoms with Gasteiger partial charge in [0.2, 0.25) is 0 Å². The molecule has 1 aromatic rings. The van der Waals surface area contributed by atoms with Crippen LogP contribution in [0.25, 0.3) is 6.08 Å². The number of nitrogens with one attached hydrogen (secondary N) is 1. The van der Waals surface area contributed by atoms with E-state index in [9.17, 15) is 0 Å². The lowest BCUT2D eigenvalue weighted by molar-refractivity contribution is -0.828. The zero-order valence-electron chi connectivity index (χ0n) is 8.89. The molecule has 0 bridgehead atoms. The van der Waals surface area contributed by atoms with E-state index in [2.05, 4.69) is 44.7 Å². The molecule has 0 aromatic heterocycles. The highest BCUT2D eigenvalue weighted by Gasteiger charge is 2.05. The lowest BCUT2D eigenvalue weighted by Gasteiger charge is -2.14. The molecule has 0 spiro atoms. The Morgan fingerprint density at radius 3 is 2.00 bits per heavy atom. The molecule has 0 aliphatic rings. The van der Waals surface area contributed by atoms with Crippen molar-refractivity contribution in [3.63, 3.8) is 0 Å². The van der Waals surface area contributed by atoms with Gasteiger partial charge in [-0.2, -0.15) is 0 Å². The summed E-state index contributed by atoms with van der Waals surface area (Å²) >= 11 is 0. The van der Waals surface area contributed by atoms with Crippen molar-refractivity contribution in [1.82, 2.24) is 0 Å². The molecule has 1 rings (SSSR count). The van der Waals surface area contributed by atoms with Crippen molar-refractivity contribution >= 4 is 11.8 Å². The summed E-state index contributed by atoms with van der Waals surface area (Å²) in [4.78, 5) is 1.52. The number of halogens is 1. The molecule has 0 atom stereocenters. The molecule has 0 fully saturated rings. The van der Waals surface area contributed by atoms with Gasteiger partial charge in [-0.3, -0.25) is 0 Å². The highest BCUT2D eigenvalue weighted by atomic mass is 35.5. The molecule has 2 heteroatoms. The van der Waals surface area contributed by atoms with Crippen LogP contribution in [0.2, 0.25) is 0 Å². The highest BCUT2D eigenvalue weighted by Crippen LogP contribution is 2.05. The first-order chi connectivity index (χ1) is 6.31. The lowest BCUT2D eigenvalue weighted by atomic mass is 10.2. The van der Waals surface area contributed by atoms with Crippen molar-refractivity contribution in [1.29, 1.82) is 0 Å². The maximum Gasteiger partial charge on any atom is 0.131 e. The Morgan fingerprint density at radius 2 is 1.64 bits per heavy atom. The molecule has 1 N–H and O–H groups in total. The molecule has 0 unspecified atom stereocenters. The van der Waals surface area contributed by atoms with Gasteiger partial charge in [0.25, 0.3) is 0 Å². The van der Waals surface area contributed by atoms with E-state index in [-0.39, 0.29) is 12.4 Å². The van der Waals surface area contributed by atoms with Crippen LogP contribution in [0.1, 0.15) is 19.4 Å². The predicted octanol–water partition coefficient (Wildman–Crippen LogP) is -1.11. The van der Waals surface area contributed by atoms with Gasteiger partial charge in [-0.25, -0.2) is 0 Å². The molecule has 0 aliphatic heterocycles. The Morgan fingerprint density at radius 1 is 1.14 bits per heavy atom. The molecule has 0 aliphatic carbocycles. The SMILES string of the molecule is C=Cc1ccc([NH+](CC)CC)cc1.[Cl-]. The third-order valence-corrected chi connectivity index (χ3v) is 2.41. The van der Waals surface area contributed by atoms with Gasteiger partial charge >= 0.3 is 0 Å². The Hall–Kier alpha value is -0.790. The molecule has 0 amide bonds. The Kier molecular flexibility index (Phi) is 6.26. The summed E-state index contributed by atoms with van der Waals surface area (Å²) in [6, 6.07) is 8.60. The zero-order chi connectivity index (χ0) is 9.68. The molecule has 1 aromatic carbocycles. The number of rotatable bonds is 4. The summed E-state index contributed by atoms with van der Waals surface area (Å²) < 4.78 is 0. The van der Waals surface area contributed by atoms with Gasteiger partial charge in [0.15, 0.2) is 0 Å². The monoisotopic (exact) mass is 211 g/mol. The second-order valence-corrected chi connectivity index (χ2v) is 3.14. The van der Waals surface area contributed by atoms with Gasteiger partial charge in [0.1, 0.15) is 5.69 Å². The van der Waals surface area contributed by atoms with E-state index in [1.807, 2.05) is 6.08 Å². The minimum Gasteiger partial charge on any atom is -1.00 e. The van der Waals surface area contributed by atoms with Gasteiger partial charge in [-0.15, -0.1) is 0 Å². The van der Waals surface area contributed by atoms with Gasteiger partial charge < -0.3 is 17.3 Å². The average Bonchev–Trinajstić information content (AvgIpc) is 2.21. The molecule has 78 valence electrons. The highest BCUT2D eigenvalue weighted by molar-refractivity contribution is 5.49. The Bertz CT molecular complexity index is 262. The molecule has 0 saturated heterocycles. The molecule has 0 saturated carbocycles. The van der Waals surface area contributed by atoms with Crippen molar-refractivity contribution in [3.8, 4) is 0 Å². The summed E-state index contributed by atoms with van der Waals surface area (Å²) in [6.45, 7) is 10.4. The first-order valence-corrected chi connectivity index (χ1v) is 4.89. The molecule has 1 nitrogen and oxygen atoms in total. The van der Waals surface area contributed by atoms with Crippen molar-refractivity contribution in [2.45, 2.75) is 13.8 Å². The largest absolute Gasteiger partial charge is 1.00 e. The van der Waals surface area contributed by atoms with Crippen LogP contribution in [0.3, 0.4) is 0 Å². The zero-order valence-corrected chi connectivity index (χ0v) is 9.64. The van der Waals surface area contributed by atoms with E-state index in [1.165, 1.54) is 16.2 Å². The first kappa shape index (κ1) is 13.2. The summed E-state index contributed by atoms with van der Waals surface area (Å²) in [7, 11) is 0. The maximum absolute atomic E-state index is 3.74. The van der Waals surface area contributed by atoms with Crippen LogP contribution in [0, 0.1) is 0 Å². The standard InChI is InChI=1S/C12H17N.ClH/c1-4-11-7-9-12(10-8-11)13(5-2)6-3;/h4,7-10H,1,5-6H2,2-3H3;1H. The van der Waals surface area contributed by atoms with Gasteiger partial charge in [0.05, 0.1) is 13.1 Å². The number of hydrogen-bond donors (Lipinski definition) is 1. The first-order valence-electron chi connectivity index (χ1n) is 4.89. The average molecular weight is 212 g/mol. The van der Waals surface area contributed by atoms with Crippen LogP contribution in [0.4, 0.5) is 5.69 Å². The third kappa shape index (κ3) is 3.17. The molecule has 14 heavy (non-hydrogen) atoms. The van der Waals surface area contributed by atoms with Gasteiger partial charge in [-0.1, -0.05) is 12.7 Å². The third-order valence-electron chi connectivity index (χ3n) is 2.41. The van der Waals surface area contributed by atoms with Crippen molar-refractivity contribution in [2.75, 3.05) is 13.1 Å². The van der Waals surface area contributed by atoms with E-state index < -0.39 is 0 Å². The Labute approximate surface area is 92.8 Å². The summed E-state index contributed by atoms with van der Waals surface area (Å²) in [6.07, 6.45) is 1.88. The normalized spacial score (nSPS) is 9.64. The fraction of sp³-hybridized carbons (Fsp3) is 0.333.